The number of rotatable bonds is 6. The lowest BCUT2D eigenvalue weighted by atomic mass is 9.94. The average Bonchev–Trinajstić information content (AvgIpc) is 2.78. The van der Waals surface area contributed by atoms with Gasteiger partial charge in [-0.15, -0.1) is 0 Å². The van der Waals surface area contributed by atoms with E-state index in [1.54, 1.807) is 0 Å². The molecule has 0 amide bonds. The van der Waals surface area contributed by atoms with Crippen molar-refractivity contribution in [3.8, 4) is 5.75 Å². The Balaban J connectivity index is 1.82. The number of para-hydroxylation sites is 1. The van der Waals surface area contributed by atoms with Crippen molar-refractivity contribution >= 4 is 0 Å². The van der Waals surface area contributed by atoms with Crippen molar-refractivity contribution in [1.82, 2.24) is 5.32 Å². The molecule has 2 rings (SSSR count). The minimum absolute atomic E-state index is 0.612. The summed E-state index contributed by atoms with van der Waals surface area (Å²) in [5.74, 6) is 1.71. The number of fused-ring (bicyclic) bond motifs is 1. The minimum atomic E-state index is 0.612. The fraction of sp³-hybridized carbons (Fsp3) is 0.600. The molecule has 0 fully saturated rings. The molecule has 1 aromatic carbocycles. The topological polar surface area (TPSA) is 21.3 Å². The van der Waals surface area contributed by atoms with Gasteiger partial charge < -0.3 is 10.1 Å². The van der Waals surface area contributed by atoms with Gasteiger partial charge in [-0.2, -0.15) is 0 Å². The second kappa shape index (κ2) is 6.06. The lowest BCUT2D eigenvalue weighted by molar-refractivity contribution is 0.320. The van der Waals surface area contributed by atoms with Gasteiger partial charge in [0.2, 0.25) is 0 Å². The van der Waals surface area contributed by atoms with Gasteiger partial charge in [-0.25, -0.2) is 0 Å². The average molecular weight is 233 g/mol. The van der Waals surface area contributed by atoms with Crippen LogP contribution in [0.1, 0.15) is 44.1 Å². The molecular formula is C15H23NO. The summed E-state index contributed by atoms with van der Waals surface area (Å²) in [5, 5.41) is 3.37. The van der Waals surface area contributed by atoms with Crippen LogP contribution in [0.25, 0.3) is 0 Å². The van der Waals surface area contributed by atoms with Gasteiger partial charge in [0.1, 0.15) is 5.75 Å². The first-order valence-electron chi connectivity index (χ1n) is 6.74. The SMILES string of the molecule is CCC(CCCC1COc2ccccc21)NC. The van der Waals surface area contributed by atoms with E-state index in [1.807, 2.05) is 0 Å². The van der Waals surface area contributed by atoms with Crippen molar-refractivity contribution < 1.29 is 4.74 Å². The smallest absolute Gasteiger partial charge is 0.122 e. The predicted octanol–water partition coefficient (Wildman–Crippen LogP) is 3.33. The largest absolute Gasteiger partial charge is 0.493 e. The summed E-state index contributed by atoms with van der Waals surface area (Å²) < 4.78 is 5.71. The lowest BCUT2D eigenvalue weighted by Crippen LogP contribution is -2.24. The molecule has 0 aliphatic carbocycles. The quantitative estimate of drug-likeness (QED) is 0.813. The summed E-state index contributed by atoms with van der Waals surface area (Å²) in [6, 6.07) is 9.13. The van der Waals surface area contributed by atoms with E-state index in [9.17, 15) is 0 Å². The first-order valence-corrected chi connectivity index (χ1v) is 6.74. The highest BCUT2D eigenvalue weighted by Crippen LogP contribution is 2.36. The second-order valence-corrected chi connectivity index (χ2v) is 4.87. The molecule has 1 aliphatic heterocycles. The van der Waals surface area contributed by atoms with Gasteiger partial charge in [0.25, 0.3) is 0 Å². The molecule has 1 heterocycles. The third kappa shape index (κ3) is 3.01. The maximum absolute atomic E-state index is 5.71. The van der Waals surface area contributed by atoms with Crippen molar-refractivity contribution in [1.29, 1.82) is 0 Å². The zero-order valence-corrected chi connectivity index (χ0v) is 10.9. The van der Waals surface area contributed by atoms with Gasteiger partial charge in [0.15, 0.2) is 0 Å². The first-order chi connectivity index (χ1) is 8.35. The van der Waals surface area contributed by atoms with Crippen LogP contribution in [0.4, 0.5) is 0 Å². The summed E-state index contributed by atoms with van der Waals surface area (Å²) in [7, 11) is 2.06. The molecule has 2 heteroatoms. The van der Waals surface area contributed by atoms with Crippen molar-refractivity contribution in [3.63, 3.8) is 0 Å². The summed E-state index contributed by atoms with van der Waals surface area (Å²) in [6.07, 6.45) is 5.01. The molecular weight excluding hydrogens is 210 g/mol. The summed E-state index contributed by atoms with van der Waals surface area (Å²) in [6.45, 7) is 3.12. The van der Waals surface area contributed by atoms with E-state index in [0.29, 0.717) is 12.0 Å². The molecule has 1 aromatic rings. The van der Waals surface area contributed by atoms with Crippen LogP contribution in [0.15, 0.2) is 24.3 Å². The molecule has 1 aliphatic rings. The standard InChI is InChI=1S/C15H23NO/c1-3-13(16-2)8-6-7-12-11-17-15-10-5-4-9-14(12)15/h4-5,9-10,12-13,16H,3,6-8,11H2,1-2H3. The Bertz CT molecular complexity index is 347. The van der Waals surface area contributed by atoms with Gasteiger partial charge in [0.05, 0.1) is 6.61 Å². The third-order valence-corrected chi connectivity index (χ3v) is 3.81. The number of nitrogens with one attached hydrogen (secondary N) is 1. The molecule has 2 nitrogen and oxygen atoms in total. The molecule has 17 heavy (non-hydrogen) atoms. The highest BCUT2D eigenvalue weighted by molar-refractivity contribution is 5.39. The molecule has 0 aromatic heterocycles. The molecule has 0 bridgehead atoms. The predicted molar refractivity (Wildman–Crippen MR) is 71.7 cm³/mol. The Morgan fingerprint density at radius 3 is 3.00 bits per heavy atom. The molecule has 0 saturated heterocycles. The Kier molecular flexibility index (Phi) is 4.43. The zero-order valence-electron chi connectivity index (χ0n) is 10.9. The van der Waals surface area contributed by atoms with E-state index in [-0.39, 0.29) is 0 Å². The lowest BCUT2D eigenvalue weighted by Gasteiger charge is -2.15. The summed E-state index contributed by atoms with van der Waals surface area (Å²) >= 11 is 0. The summed E-state index contributed by atoms with van der Waals surface area (Å²) in [4.78, 5) is 0. The highest BCUT2D eigenvalue weighted by Gasteiger charge is 2.23. The first kappa shape index (κ1) is 12.4. The molecule has 94 valence electrons. The number of benzene rings is 1. The van der Waals surface area contributed by atoms with Crippen molar-refractivity contribution in [2.24, 2.45) is 0 Å². The number of hydrogen-bond donors (Lipinski definition) is 1. The monoisotopic (exact) mass is 233 g/mol. The van der Waals surface area contributed by atoms with Crippen LogP contribution < -0.4 is 10.1 Å². The maximum atomic E-state index is 5.71. The molecule has 2 atom stereocenters. The number of hydrogen-bond acceptors (Lipinski definition) is 2. The molecule has 1 N–H and O–H groups in total. The van der Waals surface area contributed by atoms with Gasteiger partial charge in [0, 0.05) is 17.5 Å². The van der Waals surface area contributed by atoms with Crippen molar-refractivity contribution in [2.45, 2.75) is 44.6 Å². The van der Waals surface area contributed by atoms with Gasteiger partial charge in [-0.1, -0.05) is 31.5 Å². The van der Waals surface area contributed by atoms with E-state index < -0.39 is 0 Å². The fourth-order valence-electron chi connectivity index (χ4n) is 2.63. The van der Waals surface area contributed by atoms with E-state index in [1.165, 1.54) is 31.2 Å². The van der Waals surface area contributed by atoms with Gasteiger partial charge in [-0.05, 0) is 32.4 Å². The Morgan fingerprint density at radius 2 is 2.24 bits per heavy atom. The highest BCUT2D eigenvalue weighted by atomic mass is 16.5. The Labute approximate surface area is 104 Å². The normalized spacial score (nSPS) is 19.8. The van der Waals surface area contributed by atoms with Crippen molar-refractivity contribution in [3.05, 3.63) is 29.8 Å². The van der Waals surface area contributed by atoms with Crippen LogP contribution in [-0.2, 0) is 0 Å². The summed E-state index contributed by atoms with van der Waals surface area (Å²) in [5.41, 5.74) is 1.41. The van der Waals surface area contributed by atoms with Gasteiger partial charge >= 0.3 is 0 Å². The van der Waals surface area contributed by atoms with E-state index in [4.69, 9.17) is 4.74 Å². The number of ether oxygens (including phenoxy) is 1. The van der Waals surface area contributed by atoms with Crippen LogP contribution in [0, 0.1) is 0 Å². The van der Waals surface area contributed by atoms with Crippen LogP contribution >= 0.6 is 0 Å². The Morgan fingerprint density at radius 1 is 1.41 bits per heavy atom. The van der Waals surface area contributed by atoms with Crippen LogP contribution in [0.5, 0.6) is 5.75 Å². The van der Waals surface area contributed by atoms with Crippen LogP contribution in [-0.4, -0.2) is 19.7 Å². The van der Waals surface area contributed by atoms with Crippen molar-refractivity contribution in [2.75, 3.05) is 13.7 Å². The van der Waals surface area contributed by atoms with E-state index in [0.717, 1.165) is 12.4 Å². The Hall–Kier alpha value is -1.02. The van der Waals surface area contributed by atoms with E-state index in [2.05, 4.69) is 43.6 Å². The van der Waals surface area contributed by atoms with Crippen LogP contribution in [0.3, 0.4) is 0 Å². The fourth-order valence-corrected chi connectivity index (χ4v) is 2.63. The molecule has 2 unspecified atom stereocenters. The molecule has 0 radical (unpaired) electrons. The van der Waals surface area contributed by atoms with E-state index >= 15 is 0 Å². The second-order valence-electron chi connectivity index (χ2n) is 4.87. The maximum Gasteiger partial charge on any atom is 0.122 e. The minimum Gasteiger partial charge on any atom is -0.493 e. The van der Waals surface area contributed by atoms with Gasteiger partial charge in [-0.3, -0.25) is 0 Å². The zero-order chi connectivity index (χ0) is 12.1. The van der Waals surface area contributed by atoms with Crippen LogP contribution in [0.2, 0.25) is 0 Å². The molecule has 0 spiro atoms. The molecule has 0 saturated carbocycles. The third-order valence-electron chi connectivity index (χ3n) is 3.81.